The van der Waals surface area contributed by atoms with E-state index in [1.165, 1.54) is 6.07 Å². The summed E-state index contributed by atoms with van der Waals surface area (Å²) < 4.78 is 25.8. The molecule has 1 atom stereocenters. The van der Waals surface area contributed by atoms with Crippen LogP contribution in [0.25, 0.3) is 0 Å². The molecule has 1 unspecified atom stereocenters. The summed E-state index contributed by atoms with van der Waals surface area (Å²) in [6.07, 6.45) is 2.19. The zero-order chi connectivity index (χ0) is 12.4. The molecule has 17 heavy (non-hydrogen) atoms. The van der Waals surface area contributed by atoms with Gasteiger partial charge < -0.3 is 10.4 Å². The molecule has 3 nitrogen and oxygen atoms in total. The lowest BCUT2D eigenvalue weighted by Crippen LogP contribution is -2.30. The van der Waals surface area contributed by atoms with Gasteiger partial charge in [-0.2, -0.15) is 0 Å². The Morgan fingerprint density at radius 1 is 1.41 bits per heavy atom. The molecule has 0 spiro atoms. The van der Waals surface area contributed by atoms with E-state index in [9.17, 15) is 13.6 Å². The number of carbonyl (C=O) groups is 1. The third-order valence-corrected chi connectivity index (χ3v) is 2.83. The fourth-order valence-electron chi connectivity index (χ4n) is 1.65. The molecule has 0 bridgehead atoms. The molecule has 5 heteroatoms. The number of carboxylic acids is 1. The van der Waals surface area contributed by atoms with Crippen molar-refractivity contribution in [2.75, 3.05) is 6.54 Å². The maximum atomic E-state index is 13.0. The fraction of sp³-hybridized carbons (Fsp3) is 0.417. The van der Waals surface area contributed by atoms with Gasteiger partial charge in [0, 0.05) is 0 Å². The summed E-state index contributed by atoms with van der Waals surface area (Å²) in [5, 5.41) is 11.9. The van der Waals surface area contributed by atoms with Gasteiger partial charge in [-0.05, 0) is 43.0 Å². The van der Waals surface area contributed by atoms with Gasteiger partial charge in [0.1, 0.15) is 6.04 Å². The highest BCUT2D eigenvalue weighted by Crippen LogP contribution is 2.28. The molecule has 1 aromatic rings. The molecule has 0 heterocycles. The van der Waals surface area contributed by atoms with E-state index in [2.05, 4.69) is 5.32 Å². The Hall–Kier alpha value is -1.49. The molecule has 1 fully saturated rings. The molecule has 1 saturated carbocycles. The van der Waals surface area contributed by atoms with Crippen LogP contribution in [-0.4, -0.2) is 17.6 Å². The van der Waals surface area contributed by atoms with Crippen LogP contribution in [0.15, 0.2) is 18.2 Å². The molecule has 0 saturated heterocycles. The van der Waals surface area contributed by atoms with Crippen molar-refractivity contribution >= 4 is 5.97 Å². The average molecular weight is 241 g/mol. The molecule has 0 radical (unpaired) electrons. The molecule has 2 rings (SSSR count). The smallest absolute Gasteiger partial charge is 0.325 e. The molecule has 1 aliphatic carbocycles. The topological polar surface area (TPSA) is 49.3 Å². The zero-order valence-electron chi connectivity index (χ0n) is 9.12. The summed E-state index contributed by atoms with van der Waals surface area (Å²) in [6.45, 7) is 0.593. The number of aliphatic carboxylic acids is 1. The Balaban J connectivity index is 2.12. The first-order valence-corrected chi connectivity index (χ1v) is 5.49. The van der Waals surface area contributed by atoms with E-state index in [4.69, 9.17) is 5.11 Å². The van der Waals surface area contributed by atoms with Gasteiger partial charge in [-0.3, -0.25) is 4.79 Å². The lowest BCUT2D eigenvalue weighted by Gasteiger charge is -2.14. The SMILES string of the molecule is O=C(O)C(NCC1CC1)c1ccc(F)c(F)c1. The molecule has 1 aliphatic rings. The quantitative estimate of drug-likeness (QED) is 0.829. The predicted octanol–water partition coefficient (Wildman–Crippen LogP) is 2.09. The highest BCUT2D eigenvalue weighted by atomic mass is 19.2. The number of rotatable bonds is 5. The van der Waals surface area contributed by atoms with Gasteiger partial charge in [0.05, 0.1) is 0 Å². The summed E-state index contributed by atoms with van der Waals surface area (Å²) in [5.41, 5.74) is 0.233. The van der Waals surface area contributed by atoms with Crippen molar-refractivity contribution in [3.8, 4) is 0 Å². The van der Waals surface area contributed by atoms with Crippen molar-refractivity contribution < 1.29 is 18.7 Å². The molecule has 0 aromatic heterocycles. The normalized spacial score (nSPS) is 16.8. The van der Waals surface area contributed by atoms with Crippen LogP contribution in [0.1, 0.15) is 24.4 Å². The summed E-state index contributed by atoms with van der Waals surface area (Å²) in [6, 6.07) is 2.18. The van der Waals surface area contributed by atoms with E-state index in [1.807, 2.05) is 0 Å². The second-order valence-corrected chi connectivity index (χ2v) is 4.30. The monoisotopic (exact) mass is 241 g/mol. The van der Waals surface area contributed by atoms with Gasteiger partial charge in [0.25, 0.3) is 0 Å². The number of hydrogen-bond acceptors (Lipinski definition) is 2. The van der Waals surface area contributed by atoms with Gasteiger partial charge in [-0.15, -0.1) is 0 Å². The minimum atomic E-state index is -1.09. The van der Waals surface area contributed by atoms with Crippen molar-refractivity contribution in [3.05, 3.63) is 35.4 Å². The van der Waals surface area contributed by atoms with Crippen LogP contribution in [0.4, 0.5) is 8.78 Å². The van der Waals surface area contributed by atoms with Crippen LogP contribution in [0, 0.1) is 17.6 Å². The summed E-state index contributed by atoms with van der Waals surface area (Å²) >= 11 is 0. The molecule has 2 N–H and O–H groups in total. The lowest BCUT2D eigenvalue weighted by atomic mass is 10.1. The molecule has 1 aromatic carbocycles. The van der Waals surface area contributed by atoms with E-state index in [0.717, 1.165) is 25.0 Å². The largest absolute Gasteiger partial charge is 0.480 e. The van der Waals surface area contributed by atoms with Crippen molar-refractivity contribution in [1.82, 2.24) is 5.32 Å². The first-order chi connectivity index (χ1) is 8.08. The van der Waals surface area contributed by atoms with Crippen LogP contribution >= 0.6 is 0 Å². The van der Waals surface area contributed by atoms with Gasteiger partial charge in [-0.1, -0.05) is 6.07 Å². The number of nitrogens with one attached hydrogen (secondary N) is 1. The van der Waals surface area contributed by atoms with Gasteiger partial charge in [-0.25, -0.2) is 8.78 Å². The predicted molar refractivity (Wildman–Crippen MR) is 57.5 cm³/mol. The van der Waals surface area contributed by atoms with Crippen molar-refractivity contribution in [3.63, 3.8) is 0 Å². The Morgan fingerprint density at radius 3 is 2.65 bits per heavy atom. The molecule has 0 amide bonds. The Bertz CT molecular complexity index is 433. The second-order valence-electron chi connectivity index (χ2n) is 4.30. The minimum absolute atomic E-state index is 0.233. The number of halogens is 2. The third kappa shape index (κ3) is 3.00. The zero-order valence-corrected chi connectivity index (χ0v) is 9.12. The van der Waals surface area contributed by atoms with Crippen LogP contribution in [0.3, 0.4) is 0 Å². The number of hydrogen-bond donors (Lipinski definition) is 2. The van der Waals surface area contributed by atoms with E-state index in [-0.39, 0.29) is 5.56 Å². The average Bonchev–Trinajstić information content (AvgIpc) is 3.07. The Kier molecular flexibility index (Phi) is 3.38. The lowest BCUT2D eigenvalue weighted by molar-refractivity contribution is -0.139. The summed E-state index contributed by atoms with van der Waals surface area (Å²) in [4.78, 5) is 11.1. The standard InChI is InChI=1S/C12H13F2NO2/c13-9-4-3-8(5-10(9)14)11(12(16)17)15-6-7-1-2-7/h3-5,7,11,15H,1-2,6H2,(H,16,17). The second kappa shape index (κ2) is 4.79. The maximum absolute atomic E-state index is 13.0. The van der Waals surface area contributed by atoms with Gasteiger partial charge in [0.15, 0.2) is 11.6 Å². The minimum Gasteiger partial charge on any atom is -0.480 e. The van der Waals surface area contributed by atoms with Crippen molar-refractivity contribution in [1.29, 1.82) is 0 Å². The molecule has 92 valence electrons. The first-order valence-electron chi connectivity index (χ1n) is 5.49. The number of carboxylic acid groups (broad SMARTS) is 1. The van der Waals surface area contributed by atoms with Crippen LogP contribution in [0.2, 0.25) is 0 Å². The molecule has 0 aliphatic heterocycles. The van der Waals surface area contributed by atoms with Crippen LogP contribution < -0.4 is 5.32 Å². The van der Waals surface area contributed by atoms with E-state index >= 15 is 0 Å². The summed E-state index contributed by atoms with van der Waals surface area (Å²) in [5.74, 6) is -2.57. The van der Waals surface area contributed by atoms with Gasteiger partial charge >= 0.3 is 5.97 Å². The maximum Gasteiger partial charge on any atom is 0.325 e. The molecular weight excluding hydrogens is 228 g/mol. The van der Waals surface area contributed by atoms with Crippen molar-refractivity contribution in [2.24, 2.45) is 5.92 Å². The first kappa shape index (κ1) is 12.0. The van der Waals surface area contributed by atoms with E-state index in [1.54, 1.807) is 0 Å². The third-order valence-electron chi connectivity index (χ3n) is 2.83. The Labute approximate surface area is 97.5 Å². The Morgan fingerprint density at radius 2 is 2.12 bits per heavy atom. The van der Waals surface area contributed by atoms with Crippen LogP contribution in [-0.2, 0) is 4.79 Å². The number of benzene rings is 1. The van der Waals surface area contributed by atoms with E-state index in [0.29, 0.717) is 12.5 Å². The summed E-state index contributed by atoms with van der Waals surface area (Å²) in [7, 11) is 0. The van der Waals surface area contributed by atoms with Gasteiger partial charge in [0.2, 0.25) is 0 Å². The fourth-order valence-corrected chi connectivity index (χ4v) is 1.65. The van der Waals surface area contributed by atoms with Crippen LogP contribution in [0.5, 0.6) is 0 Å². The highest BCUT2D eigenvalue weighted by Gasteiger charge is 2.26. The van der Waals surface area contributed by atoms with E-state index < -0.39 is 23.6 Å². The highest BCUT2D eigenvalue weighted by molar-refractivity contribution is 5.75. The van der Waals surface area contributed by atoms with Crippen molar-refractivity contribution in [2.45, 2.75) is 18.9 Å². The molecular formula is C12H13F2NO2.